The van der Waals surface area contributed by atoms with Crippen molar-refractivity contribution in [2.75, 3.05) is 6.61 Å². The van der Waals surface area contributed by atoms with Crippen molar-refractivity contribution in [3.63, 3.8) is 0 Å². The van der Waals surface area contributed by atoms with Crippen LogP contribution in [0, 0.1) is 13.8 Å². The van der Waals surface area contributed by atoms with Crippen molar-refractivity contribution in [1.82, 2.24) is 10.2 Å². The van der Waals surface area contributed by atoms with E-state index in [0.717, 1.165) is 34.0 Å². The first kappa shape index (κ1) is 23.9. The van der Waals surface area contributed by atoms with Gasteiger partial charge in [-0.2, -0.15) is 0 Å². The van der Waals surface area contributed by atoms with Crippen molar-refractivity contribution in [2.24, 2.45) is 4.99 Å². The third-order valence-corrected chi connectivity index (χ3v) is 6.52. The maximum absolute atomic E-state index is 13.1. The zero-order valence-electron chi connectivity index (χ0n) is 19.4. The number of fused-ring (bicyclic) bond motifs is 1. The van der Waals surface area contributed by atoms with Crippen LogP contribution in [0.15, 0.2) is 58.2 Å². The van der Waals surface area contributed by atoms with Crippen LogP contribution < -0.4 is 5.32 Å². The van der Waals surface area contributed by atoms with Crippen LogP contribution in [0.2, 0.25) is 0 Å². The Balaban J connectivity index is 2.04. The van der Waals surface area contributed by atoms with Crippen molar-refractivity contribution in [1.29, 1.82) is 0 Å². The third-order valence-electron chi connectivity index (χ3n) is 5.63. The number of carbonyl (C=O) groups is 2. The summed E-state index contributed by atoms with van der Waals surface area (Å²) < 4.78 is 5.43. The van der Waals surface area contributed by atoms with E-state index in [2.05, 4.69) is 23.0 Å². The number of aryl methyl sites for hydroxylation is 2. The molecule has 0 fully saturated rings. The van der Waals surface area contributed by atoms with Crippen LogP contribution in [0.3, 0.4) is 0 Å². The minimum absolute atomic E-state index is 0.0473. The summed E-state index contributed by atoms with van der Waals surface area (Å²) in [5.41, 5.74) is 5.13. The standard InChI is InChI=1S/C25H31N3O3S/c1-7-11-31-24(30)22-18(6)27-25-28(23(22)20-10-9-15(3)12-16(20)4)19(14-32-25)13-21(29)26-17(5)8-2/h7,9-10,12,14,17,23H,1,8,11,13H2,2-6H3,(H,26,29)/t17-,23-/m1/s1. The van der Waals surface area contributed by atoms with Gasteiger partial charge in [0.2, 0.25) is 5.91 Å². The molecular weight excluding hydrogens is 422 g/mol. The maximum atomic E-state index is 13.1. The normalized spacial score (nSPS) is 18.5. The maximum Gasteiger partial charge on any atom is 0.338 e. The summed E-state index contributed by atoms with van der Waals surface area (Å²) in [5.74, 6) is -0.468. The number of allylic oxidation sites excluding steroid dienone is 1. The number of thioether (sulfide) groups is 1. The molecule has 0 bridgehead atoms. The zero-order chi connectivity index (χ0) is 23.4. The van der Waals surface area contributed by atoms with Crippen molar-refractivity contribution >= 4 is 28.8 Å². The summed E-state index contributed by atoms with van der Waals surface area (Å²) in [6, 6.07) is 5.88. The Morgan fingerprint density at radius 1 is 1.34 bits per heavy atom. The highest BCUT2D eigenvalue weighted by Gasteiger charge is 2.41. The number of nitrogens with zero attached hydrogens (tertiary/aromatic N) is 2. The van der Waals surface area contributed by atoms with E-state index in [0.29, 0.717) is 11.3 Å². The molecule has 2 atom stereocenters. The number of hydrogen-bond donors (Lipinski definition) is 1. The van der Waals surface area contributed by atoms with Gasteiger partial charge in [0, 0.05) is 11.7 Å². The minimum Gasteiger partial charge on any atom is -0.458 e. The molecule has 1 aromatic rings. The van der Waals surface area contributed by atoms with E-state index in [1.165, 1.54) is 11.8 Å². The topological polar surface area (TPSA) is 71.0 Å². The average Bonchev–Trinajstić information content (AvgIpc) is 3.13. The number of esters is 1. The fourth-order valence-electron chi connectivity index (χ4n) is 3.86. The fourth-order valence-corrected chi connectivity index (χ4v) is 4.83. The van der Waals surface area contributed by atoms with E-state index < -0.39 is 12.0 Å². The molecule has 170 valence electrons. The second kappa shape index (κ2) is 10.2. The first-order chi connectivity index (χ1) is 15.3. The summed E-state index contributed by atoms with van der Waals surface area (Å²) >= 11 is 1.48. The van der Waals surface area contributed by atoms with Gasteiger partial charge in [0.25, 0.3) is 0 Å². The molecule has 32 heavy (non-hydrogen) atoms. The number of hydrogen-bond acceptors (Lipinski definition) is 6. The van der Waals surface area contributed by atoms with Crippen LogP contribution in [-0.4, -0.2) is 34.6 Å². The Labute approximate surface area is 194 Å². The number of carbonyl (C=O) groups excluding carboxylic acids is 2. The van der Waals surface area contributed by atoms with Gasteiger partial charge in [-0.3, -0.25) is 4.79 Å². The molecule has 0 aliphatic carbocycles. The summed E-state index contributed by atoms with van der Waals surface area (Å²) in [6.45, 7) is 13.7. The van der Waals surface area contributed by atoms with E-state index in [-0.39, 0.29) is 25.0 Å². The van der Waals surface area contributed by atoms with Gasteiger partial charge in [-0.25, -0.2) is 9.79 Å². The molecule has 1 aromatic carbocycles. The smallest absolute Gasteiger partial charge is 0.338 e. The minimum atomic E-state index is -0.421. The van der Waals surface area contributed by atoms with E-state index in [4.69, 9.17) is 4.74 Å². The molecule has 7 heteroatoms. The average molecular weight is 454 g/mol. The third kappa shape index (κ3) is 4.99. The molecule has 2 heterocycles. The number of nitrogens with one attached hydrogen (secondary N) is 1. The lowest BCUT2D eigenvalue weighted by atomic mass is 9.90. The molecular formula is C25H31N3O3S. The molecule has 3 rings (SSSR count). The first-order valence-electron chi connectivity index (χ1n) is 10.9. The van der Waals surface area contributed by atoms with Crippen LogP contribution in [-0.2, 0) is 14.3 Å². The molecule has 1 N–H and O–H groups in total. The molecule has 0 saturated carbocycles. The quantitative estimate of drug-likeness (QED) is 0.447. The molecule has 0 unspecified atom stereocenters. The van der Waals surface area contributed by atoms with Gasteiger partial charge >= 0.3 is 5.97 Å². The van der Waals surface area contributed by atoms with Crippen LogP contribution in [0.4, 0.5) is 0 Å². The molecule has 2 aliphatic heterocycles. The number of rotatable bonds is 8. The number of amidine groups is 1. The van der Waals surface area contributed by atoms with E-state index >= 15 is 0 Å². The Morgan fingerprint density at radius 3 is 2.75 bits per heavy atom. The molecule has 6 nitrogen and oxygen atoms in total. The van der Waals surface area contributed by atoms with Gasteiger partial charge in [0.1, 0.15) is 6.61 Å². The highest BCUT2D eigenvalue weighted by atomic mass is 32.2. The number of ether oxygens (including phenoxy) is 1. The second-order valence-corrected chi connectivity index (χ2v) is 9.03. The first-order valence-corrected chi connectivity index (χ1v) is 11.7. The Hall–Kier alpha value is -2.80. The van der Waals surface area contributed by atoms with Crippen molar-refractivity contribution in [2.45, 2.75) is 59.5 Å². The molecule has 0 aromatic heterocycles. The van der Waals surface area contributed by atoms with Gasteiger partial charge in [-0.1, -0.05) is 55.1 Å². The van der Waals surface area contributed by atoms with Crippen molar-refractivity contribution < 1.29 is 14.3 Å². The summed E-state index contributed by atoms with van der Waals surface area (Å²) in [5, 5.41) is 5.74. The molecule has 0 spiro atoms. The van der Waals surface area contributed by atoms with Crippen molar-refractivity contribution in [3.8, 4) is 0 Å². The van der Waals surface area contributed by atoms with Gasteiger partial charge in [-0.15, -0.1) is 0 Å². The summed E-state index contributed by atoms with van der Waals surface area (Å²) in [7, 11) is 0. The van der Waals surface area contributed by atoms with Gasteiger partial charge in [0.15, 0.2) is 5.17 Å². The lowest BCUT2D eigenvalue weighted by Crippen LogP contribution is -2.39. The lowest BCUT2D eigenvalue weighted by Gasteiger charge is -2.37. The van der Waals surface area contributed by atoms with E-state index in [9.17, 15) is 9.59 Å². The second-order valence-electron chi connectivity index (χ2n) is 8.19. The van der Waals surface area contributed by atoms with Crippen LogP contribution in [0.1, 0.15) is 56.3 Å². The number of benzene rings is 1. The van der Waals surface area contributed by atoms with E-state index in [1.807, 2.05) is 57.1 Å². The fraction of sp³-hybridized carbons (Fsp3) is 0.400. The molecule has 0 radical (unpaired) electrons. The Bertz CT molecular complexity index is 1030. The van der Waals surface area contributed by atoms with Crippen LogP contribution in [0.5, 0.6) is 0 Å². The monoisotopic (exact) mass is 453 g/mol. The van der Waals surface area contributed by atoms with Crippen LogP contribution >= 0.6 is 11.8 Å². The largest absolute Gasteiger partial charge is 0.458 e. The van der Waals surface area contributed by atoms with Gasteiger partial charge < -0.3 is 15.0 Å². The Kier molecular flexibility index (Phi) is 7.61. The predicted molar refractivity (Wildman–Crippen MR) is 130 cm³/mol. The molecule has 2 aliphatic rings. The lowest BCUT2D eigenvalue weighted by molar-refractivity contribution is -0.138. The zero-order valence-corrected chi connectivity index (χ0v) is 20.2. The van der Waals surface area contributed by atoms with Gasteiger partial charge in [-0.05, 0) is 50.7 Å². The molecule has 0 saturated heterocycles. The van der Waals surface area contributed by atoms with Crippen LogP contribution in [0.25, 0.3) is 0 Å². The number of amides is 1. The summed E-state index contributed by atoms with van der Waals surface area (Å²) in [6.07, 6.45) is 2.63. The number of aliphatic imine (C=N–C) groups is 1. The SMILES string of the molecule is C=CCOC(=O)C1=C(C)N=C2SC=C(CC(=O)N[C@H](C)CC)N2[C@@H]1c1ccc(C)cc1C. The Morgan fingerprint density at radius 2 is 2.09 bits per heavy atom. The predicted octanol–water partition coefficient (Wildman–Crippen LogP) is 4.91. The highest BCUT2D eigenvalue weighted by Crippen LogP contribution is 2.45. The summed E-state index contributed by atoms with van der Waals surface area (Å²) in [4.78, 5) is 32.5. The molecule has 1 amide bonds. The van der Waals surface area contributed by atoms with Crippen molar-refractivity contribution in [3.05, 3.63) is 69.9 Å². The van der Waals surface area contributed by atoms with E-state index in [1.54, 1.807) is 6.08 Å². The highest BCUT2D eigenvalue weighted by molar-refractivity contribution is 8.16. The van der Waals surface area contributed by atoms with Gasteiger partial charge in [0.05, 0.1) is 23.7 Å².